The zero-order valence-corrected chi connectivity index (χ0v) is 11.1. The molecule has 4 nitrogen and oxygen atoms in total. The highest BCUT2D eigenvalue weighted by Gasteiger charge is 2.20. The normalized spacial score (nSPS) is 16.8. The SMILES string of the molecule is CCNCC(C)C(=O)NCCCOCC1CC1. The van der Waals surface area contributed by atoms with Gasteiger partial charge in [-0.05, 0) is 31.7 Å². The van der Waals surface area contributed by atoms with Crippen molar-refractivity contribution >= 4 is 5.91 Å². The molecule has 0 bridgehead atoms. The molecule has 0 radical (unpaired) electrons. The minimum absolute atomic E-state index is 0.0438. The van der Waals surface area contributed by atoms with Gasteiger partial charge in [-0.3, -0.25) is 4.79 Å². The predicted octanol–water partition coefficient (Wildman–Crippen LogP) is 1.16. The van der Waals surface area contributed by atoms with Crippen molar-refractivity contribution in [3.8, 4) is 0 Å². The fraction of sp³-hybridized carbons (Fsp3) is 0.923. The predicted molar refractivity (Wildman–Crippen MR) is 68.9 cm³/mol. The van der Waals surface area contributed by atoms with Crippen LogP contribution in [0.15, 0.2) is 0 Å². The van der Waals surface area contributed by atoms with E-state index in [4.69, 9.17) is 4.74 Å². The molecule has 17 heavy (non-hydrogen) atoms. The summed E-state index contributed by atoms with van der Waals surface area (Å²) >= 11 is 0. The first-order chi connectivity index (χ1) is 8.24. The van der Waals surface area contributed by atoms with E-state index >= 15 is 0 Å². The second-order valence-electron chi connectivity index (χ2n) is 4.87. The third-order valence-electron chi connectivity index (χ3n) is 2.96. The van der Waals surface area contributed by atoms with Crippen LogP contribution in [0.4, 0.5) is 0 Å². The Labute approximate surface area is 104 Å². The van der Waals surface area contributed by atoms with Crippen LogP contribution >= 0.6 is 0 Å². The van der Waals surface area contributed by atoms with Crippen molar-refractivity contribution in [1.82, 2.24) is 10.6 Å². The first-order valence-corrected chi connectivity index (χ1v) is 6.80. The Balaban J connectivity index is 1.87. The minimum atomic E-state index is 0.0438. The van der Waals surface area contributed by atoms with E-state index in [-0.39, 0.29) is 11.8 Å². The van der Waals surface area contributed by atoms with Gasteiger partial charge in [0.05, 0.1) is 0 Å². The van der Waals surface area contributed by atoms with Crippen LogP contribution in [0.25, 0.3) is 0 Å². The molecule has 1 fully saturated rings. The summed E-state index contributed by atoms with van der Waals surface area (Å²) in [5.41, 5.74) is 0. The highest BCUT2D eigenvalue weighted by Crippen LogP contribution is 2.28. The van der Waals surface area contributed by atoms with Gasteiger partial charge in [0, 0.05) is 32.2 Å². The van der Waals surface area contributed by atoms with Crippen LogP contribution in [-0.4, -0.2) is 38.8 Å². The minimum Gasteiger partial charge on any atom is -0.381 e. The van der Waals surface area contributed by atoms with Gasteiger partial charge in [0.2, 0.25) is 5.91 Å². The number of amides is 1. The van der Waals surface area contributed by atoms with Crippen LogP contribution in [0.1, 0.15) is 33.1 Å². The van der Waals surface area contributed by atoms with E-state index in [0.29, 0.717) is 0 Å². The molecule has 1 unspecified atom stereocenters. The van der Waals surface area contributed by atoms with Crippen molar-refractivity contribution in [3.63, 3.8) is 0 Å². The molecule has 0 aliphatic heterocycles. The Bertz CT molecular complexity index is 217. The number of carbonyl (C=O) groups excluding carboxylic acids is 1. The molecule has 4 heteroatoms. The summed E-state index contributed by atoms with van der Waals surface area (Å²) < 4.78 is 5.50. The number of ether oxygens (including phenoxy) is 1. The van der Waals surface area contributed by atoms with Gasteiger partial charge in [0.1, 0.15) is 0 Å². The van der Waals surface area contributed by atoms with Gasteiger partial charge < -0.3 is 15.4 Å². The summed E-state index contributed by atoms with van der Waals surface area (Å²) in [6.45, 7) is 8.04. The standard InChI is InChI=1S/C13H26N2O2/c1-3-14-9-11(2)13(16)15-7-4-8-17-10-12-5-6-12/h11-12,14H,3-10H2,1-2H3,(H,15,16). The van der Waals surface area contributed by atoms with Gasteiger partial charge in [0.25, 0.3) is 0 Å². The molecule has 0 heterocycles. The van der Waals surface area contributed by atoms with Crippen molar-refractivity contribution in [1.29, 1.82) is 0 Å². The zero-order chi connectivity index (χ0) is 12.5. The first-order valence-electron chi connectivity index (χ1n) is 6.80. The average Bonchev–Trinajstić information content (AvgIpc) is 3.14. The Morgan fingerprint density at radius 3 is 2.88 bits per heavy atom. The summed E-state index contributed by atoms with van der Waals surface area (Å²) in [6, 6.07) is 0. The van der Waals surface area contributed by atoms with E-state index in [1.807, 2.05) is 13.8 Å². The smallest absolute Gasteiger partial charge is 0.224 e. The number of nitrogens with one attached hydrogen (secondary N) is 2. The van der Waals surface area contributed by atoms with Gasteiger partial charge in [-0.25, -0.2) is 0 Å². The summed E-state index contributed by atoms with van der Waals surface area (Å²) in [6.07, 6.45) is 3.57. The van der Waals surface area contributed by atoms with E-state index < -0.39 is 0 Å². The largest absolute Gasteiger partial charge is 0.381 e. The molecule has 100 valence electrons. The molecule has 1 aliphatic rings. The van der Waals surface area contributed by atoms with Crippen molar-refractivity contribution in [2.75, 3.05) is 32.8 Å². The highest BCUT2D eigenvalue weighted by atomic mass is 16.5. The molecule has 2 N–H and O–H groups in total. The van der Waals surface area contributed by atoms with E-state index in [2.05, 4.69) is 10.6 Å². The zero-order valence-electron chi connectivity index (χ0n) is 11.1. The molecular formula is C13H26N2O2. The van der Waals surface area contributed by atoms with E-state index in [1.54, 1.807) is 0 Å². The molecule has 0 aromatic carbocycles. The number of hydrogen-bond acceptors (Lipinski definition) is 3. The lowest BCUT2D eigenvalue weighted by atomic mass is 10.1. The van der Waals surface area contributed by atoms with Crippen LogP contribution in [-0.2, 0) is 9.53 Å². The maximum atomic E-state index is 11.6. The van der Waals surface area contributed by atoms with Gasteiger partial charge in [-0.15, -0.1) is 0 Å². The number of carbonyl (C=O) groups is 1. The molecule has 1 aliphatic carbocycles. The molecule has 0 aromatic rings. The Kier molecular flexibility index (Phi) is 7.21. The average molecular weight is 242 g/mol. The Morgan fingerprint density at radius 2 is 2.24 bits per heavy atom. The third kappa shape index (κ3) is 7.34. The van der Waals surface area contributed by atoms with Crippen LogP contribution in [0.3, 0.4) is 0 Å². The van der Waals surface area contributed by atoms with Gasteiger partial charge in [-0.1, -0.05) is 13.8 Å². The van der Waals surface area contributed by atoms with Crippen LogP contribution in [0.5, 0.6) is 0 Å². The Morgan fingerprint density at radius 1 is 1.47 bits per heavy atom. The molecule has 1 rings (SSSR count). The van der Waals surface area contributed by atoms with E-state index in [0.717, 1.165) is 45.2 Å². The van der Waals surface area contributed by atoms with Crippen LogP contribution < -0.4 is 10.6 Å². The molecule has 0 saturated heterocycles. The summed E-state index contributed by atoms with van der Waals surface area (Å²) in [4.78, 5) is 11.6. The Hall–Kier alpha value is -0.610. The molecule has 1 amide bonds. The molecule has 0 spiro atoms. The van der Waals surface area contributed by atoms with E-state index in [9.17, 15) is 4.79 Å². The summed E-state index contributed by atoms with van der Waals surface area (Å²) in [7, 11) is 0. The fourth-order valence-corrected chi connectivity index (χ4v) is 1.55. The quantitative estimate of drug-likeness (QED) is 0.565. The summed E-state index contributed by atoms with van der Waals surface area (Å²) in [5.74, 6) is 1.00. The van der Waals surface area contributed by atoms with Crippen LogP contribution in [0, 0.1) is 11.8 Å². The summed E-state index contributed by atoms with van der Waals surface area (Å²) in [5, 5.41) is 6.11. The van der Waals surface area contributed by atoms with Crippen molar-refractivity contribution in [2.24, 2.45) is 11.8 Å². The molecule has 0 aromatic heterocycles. The topological polar surface area (TPSA) is 50.4 Å². The van der Waals surface area contributed by atoms with Gasteiger partial charge >= 0.3 is 0 Å². The lowest BCUT2D eigenvalue weighted by molar-refractivity contribution is -0.124. The van der Waals surface area contributed by atoms with E-state index in [1.165, 1.54) is 12.8 Å². The molecule has 1 atom stereocenters. The maximum Gasteiger partial charge on any atom is 0.224 e. The number of rotatable bonds is 10. The first kappa shape index (κ1) is 14.5. The third-order valence-corrected chi connectivity index (χ3v) is 2.96. The van der Waals surface area contributed by atoms with Crippen LogP contribution in [0.2, 0.25) is 0 Å². The lowest BCUT2D eigenvalue weighted by Gasteiger charge is -2.12. The highest BCUT2D eigenvalue weighted by molar-refractivity contribution is 5.78. The lowest BCUT2D eigenvalue weighted by Crippen LogP contribution is -2.36. The molecular weight excluding hydrogens is 216 g/mol. The fourth-order valence-electron chi connectivity index (χ4n) is 1.55. The second kappa shape index (κ2) is 8.48. The second-order valence-corrected chi connectivity index (χ2v) is 4.87. The van der Waals surface area contributed by atoms with Crippen molar-refractivity contribution in [2.45, 2.75) is 33.1 Å². The number of hydrogen-bond donors (Lipinski definition) is 2. The van der Waals surface area contributed by atoms with Gasteiger partial charge in [-0.2, -0.15) is 0 Å². The van der Waals surface area contributed by atoms with Gasteiger partial charge in [0.15, 0.2) is 0 Å². The molecule has 1 saturated carbocycles. The van der Waals surface area contributed by atoms with Crippen molar-refractivity contribution in [3.05, 3.63) is 0 Å². The van der Waals surface area contributed by atoms with Crippen molar-refractivity contribution < 1.29 is 9.53 Å². The monoisotopic (exact) mass is 242 g/mol. The maximum absolute atomic E-state index is 11.6.